The Labute approximate surface area is 154 Å². The Morgan fingerprint density at radius 3 is 2.68 bits per heavy atom. The first kappa shape index (κ1) is 17.1. The Hall–Kier alpha value is -2.74. The smallest absolute Gasteiger partial charge is 0.203 e. The molecule has 0 unspecified atom stereocenters. The summed E-state index contributed by atoms with van der Waals surface area (Å²) >= 11 is 7.35. The maximum absolute atomic E-state index is 12.5. The van der Waals surface area contributed by atoms with Crippen molar-refractivity contribution in [3.05, 3.63) is 81.3 Å². The molecule has 1 aromatic heterocycles. The predicted molar refractivity (Wildman–Crippen MR) is 102 cm³/mol. The van der Waals surface area contributed by atoms with Crippen LogP contribution in [0.2, 0.25) is 5.02 Å². The second-order valence-corrected chi connectivity index (χ2v) is 6.75. The van der Waals surface area contributed by atoms with Crippen molar-refractivity contribution in [2.24, 2.45) is 0 Å². The predicted octanol–water partition coefficient (Wildman–Crippen LogP) is 5.56. The minimum absolute atomic E-state index is 0.0681. The standard InChI is InChI=1S/C20H13ClN2OS/c1-13-3-2-4-15(9-13)19(24)16(11-22)10-18-12-25-20(23-18)14-5-7-17(21)8-6-14/h2-10,12H,1H3/b16-10+. The van der Waals surface area contributed by atoms with Gasteiger partial charge >= 0.3 is 0 Å². The summed E-state index contributed by atoms with van der Waals surface area (Å²) in [5, 5.41) is 12.7. The average molecular weight is 365 g/mol. The van der Waals surface area contributed by atoms with Crippen LogP contribution in [0.5, 0.6) is 0 Å². The van der Waals surface area contributed by atoms with Gasteiger partial charge in [-0.05, 0) is 31.2 Å². The van der Waals surface area contributed by atoms with E-state index in [1.54, 1.807) is 30.3 Å². The molecule has 0 aliphatic rings. The van der Waals surface area contributed by atoms with Crippen molar-refractivity contribution in [1.82, 2.24) is 4.98 Å². The van der Waals surface area contributed by atoms with Gasteiger partial charge in [0.15, 0.2) is 0 Å². The van der Waals surface area contributed by atoms with Crippen LogP contribution in [-0.2, 0) is 0 Å². The first-order valence-corrected chi connectivity index (χ1v) is 8.77. The van der Waals surface area contributed by atoms with Gasteiger partial charge < -0.3 is 0 Å². The number of carbonyl (C=O) groups excluding carboxylic acids is 1. The lowest BCUT2D eigenvalue weighted by atomic mass is 10.0. The van der Waals surface area contributed by atoms with E-state index in [0.717, 1.165) is 16.1 Å². The largest absolute Gasteiger partial charge is 0.288 e. The highest BCUT2D eigenvalue weighted by molar-refractivity contribution is 7.13. The maximum Gasteiger partial charge on any atom is 0.203 e. The molecule has 5 heteroatoms. The number of Topliss-reactive ketones (excluding diaryl/α,β-unsaturated/α-hetero) is 1. The third kappa shape index (κ3) is 4.03. The summed E-state index contributed by atoms with van der Waals surface area (Å²) in [6, 6.07) is 16.6. The number of aryl methyl sites for hydroxylation is 1. The van der Waals surface area contributed by atoms with Crippen molar-refractivity contribution < 1.29 is 4.79 Å². The molecule has 25 heavy (non-hydrogen) atoms. The lowest BCUT2D eigenvalue weighted by molar-refractivity contribution is 0.104. The van der Waals surface area contributed by atoms with E-state index in [0.29, 0.717) is 16.3 Å². The van der Waals surface area contributed by atoms with Crippen LogP contribution in [0.4, 0.5) is 0 Å². The van der Waals surface area contributed by atoms with Gasteiger partial charge in [-0.15, -0.1) is 11.3 Å². The molecular formula is C20H13ClN2OS. The van der Waals surface area contributed by atoms with Gasteiger partial charge in [0.1, 0.15) is 16.6 Å². The molecule has 0 fully saturated rings. The molecule has 122 valence electrons. The van der Waals surface area contributed by atoms with Gasteiger partial charge in [0.05, 0.1) is 5.69 Å². The Bertz CT molecular complexity index is 997. The van der Waals surface area contributed by atoms with E-state index >= 15 is 0 Å². The molecule has 0 radical (unpaired) electrons. The molecule has 3 aromatic rings. The Kier molecular flexibility index (Phi) is 5.08. The van der Waals surface area contributed by atoms with Crippen LogP contribution < -0.4 is 0 Å². The van der Waals surface area contributed by atoms with E-state index in [-0.39, 0.29) is 11.4 Å². The molecule has 0 amide bonds. The van der Waals surface area contributed by atoms with Crippen molar-refractivity contribution in [3.8, 4) is 16.6 Å². The number of allylic oxidation sites excluding steroid dienone is 1. The zero-order valence-corrected chi connectivity index (χ0v) is 14.9. The fourth-order valence-electron chi connectivity index (χ4n) is 2.32. The van der Waals surface area contributed by atoms with E-state index in [2.05, 4.69) is 4.98 Å². The Morgan fingerprint density at radius 1 is 1.24 bits per heavy atom. The molecule has 3 rings (SSSR count). The average Bonchev–Trinajstić information content (AvgIpc) is 3.08. The van der Waals surface area contributed by atoms with E-state index in [1.165, 1.54) is 17.4 Å². The molecule has 0 spiro atoms. The molecule has 3 nitrogen and oxygen atoms in total. The summed E-state index contributed by atoms with van der Waals surface area (Å²) in [6.07, 6.45) is 1.53. The first-order valence-electron chi connectivity index (χ1n) is 7.51. The van der Waals surface area contributed by atoms with Crippen LogP contribution in [-0.4, -0.2) is 10.8 Å². The monoisotopic (exact) mass is 364 g/mol. The van der Waals surface area contributed by atoms with Crippen molar-refractivity contribution >= 4 is 34.8 Å². The summed E-state index contributed by atoms with van der Waals surface area (Å²) in [5.41, 5.74) is 3.08. The van der Waals surface area contributed by atoms with Gasteiger partial charge in [-0.3, -0.25) is 4.79 Å². The minimum atomic E-state index is -0.299. The quantitative estimate of drug-likeness (QED) is 0.346. The highest BCUT2D eigenvalue weighted by atomic mass is 35.5. The number of aromatic nitrogens is 1. The molecule has 0 N–H and O–H groups in total. The number of benzene rings is 2. The first-order chi connectivity index (χ1) is 12.1. The zero-order chi connectivity index (χ0) is 17.8. The fraction of sp³-hybridized carbons (Fsp3) is 0.0500. The number of ketones is 1. The van der Waals surface area contributed by atoms with Crippen LogP contribution in [0.1, 0.15) is 21.6 Å². The summed E-state index contributed by atoms with van der Waals surface area (Å²) in [6.45, 7) is 1.91. The molecular weight excluding hydrogens is 352 g/mol. The lowest BCUT2D eigenvalue weighted by Crippen LogP contribution is -2.02. The number of nitriles is 1. The SMILES string of the molecule is Cc1cccc(C(=O)/C(C#N)=C/c2csc(-c3ccc(Cl)cc3)n2)c1. The lowest BCUT2D eigenvalue weighted by Gasteiger charge is -2.00. The Balaban J connectivity index is 1.89. The van der Waals surface area contributed by atoms with Gasteiger partial charge in [0.2, 0.25) is 5.78 Å². The number of carbonyl (C=O) groups is 1. The van der Waals surface area contributed by atoms with E-state index in [9.17, 15) is 10.1 Å². The second kappa shape index (κ2) is 7.43. The van der Waals surface area contributed by atoms with Gasteiger partial charge in [-0.2, -0.15) is 5.26 Å². The summed E-state index contributed by atoms with van der Waals surface area (Å²) in [5.74, 6) is -0.299. The van der Waals surface area contributed by atoms with Crippen LogP contribution in [0.15, 0.2) is 59.5 Å². The van der Waals surface area contributed by atoms with Gasteiger partial charge in [-0.25, -0.2) is 4.98 Å². The normalized spacial score (nSPS) is 11.2. The number of hydrogen-bond acceptors (Lipinski definition) is 4. The van der Waals surface area contributed by atoms with Crippen molar-refractivity contribution in [1.29, 1.82) is 5.26 Å². The van der Waals surface area contributed by atoms with Gasteiger partial charge in [-0.1, -0.05) is 47.5 Å². The van der Waals surface area contributed by atoms with Crippen molar-refractivity contribution in [3.63, 3.8) is 0 Å². The molecule has 0 saturated heterocycles. The van der Waals surface area contributed by atoms with Crippen LogP contribution in [0.25, 0.3) is 16.6 Å². The second-order valence-electron chi connectivity index (χ2n) is 5.45. The summed E-state index contributed by atoms with van der Waals surface area (Å²) in [4.78, 5) is 17.0. The topological polar surface area (TPSA) is 53.8 Å². The number of thiazole rings is 1. The third-order valence-electron chi connectivity index (χ3n) is 3.55. The van der Waals surface area contributed by atoms with E-state index in [4.69, 9.17) is 11.6 Å². The van der Waals surface area contributed by atoms with Gasteiger partial charge in [0.25, 0.3) is 0 Å². The van der Waals surface area contributed by atoms with Gasteiger partial charge in [0, 0.05) is 21.5 Å². The molecule has 0 saturated carbocycles. The highest BCUT2D eigenvalue weighted by Gasteiger charge is 2.13. The fourth-order valence-corrected chi connectivity index (χ4v) is 3.23. The molecule has 0 bridgehead atoms. The number of hydrogen-bond donors (Lipinski definition) is 0. The van der Waals surface area contributed by atoms with Crippen molar-refractivity contribution in [2.75, 3.05) is 0 Å². The molecule has 1 heterocycles. The maximum atomic E-state index is 12.5. The van der Waals surface area contributed by atoms with Crippen molar-refractivity contribution in [2.45, 2.75) is 6.92 Å². The zero-order valence-electron chi connectivity index (χ0n) is 13.4. The highest BCUT2D eigenvalue weighted by Crippen LogP contribution is 2.26. The number of nitrogens with zero attached hydrogens (tertiary/aromatic N) is 2. The van der Waals surface area contributed by atoms with Crippen LogP contribution in [0, 0.1) is 18.3 Å². The summed E-state index contributed by atoms with van der Waals surface area (Å²) < 4.78 is 0. The van der Waals surface area contributed by atoms with E-state index < -0.39 is 0 Å². The summed E-state index contributed by atoms with van der Waals surface area (Å²) in [7, 11) is 0. The Morgan fingerprint density at radius 2 is 2.00 bits per heavy atom. The number of rotatable bonds is 4. The third-order valence-corrected chi connectivity index (χ3v) is 4.71. The number of halogens is 1. The molecule has 0 aliphatic carbocycles. The van der Waals surface area contributed by atoms with E-state index in [1.807, 2.05) is 36.6 Å². The van der Waals surface area contributed by atoms with Crippen LogP contribution >= 0.6 is 22.9 Å². The van der Waals surface area contributed by atoms with Crippen LogP contribution in [0.3, 0.4) is 0 Å². The molecule has 2 aromatic carbocycles. The minimum Gasteiger partial charge on any atom is -0.288 e. The molecule has 0 aliphatic heterocycles. The molecule has 0 atom stereocenters.